The minimum atomic E-state index is -4.48. The van der Waals surface area contributed by atoms with E-state index in [-0.39, 0.29) is 61.4 Å². The summed E-state index contributed by atoms with van der Waals surface area (Å²) in [4.78, 5) is 46.6. The highest BCUT2D eigenvalue weighted by Crippen LogP contribution is 2.32. The van der Waals surface area contributed by atoms with E-state index in [2.05, 4.69) is 20.0 Å². The Kier molecular flexibility index (Phi) is 10.6. The van der Waals surface area contributed by atoms with E-state index < -0.39 is 41.9 Å². The lowest BCUT2D eigenvalue weighted by Crippen LogP contribution is -2.33. The molecule has 1 aliphatic heterocycles. The van der Waals surface area contributed by atoms with Crippen LogP contribution in [0.3, 0.4) is 0 Å². The third kappa shape index (κ3) is 8.56. The van der Waals surface area contributed by atoms with Crippen LogP contribution in [0.5, 0.6) is 5.75 Å². The number of benzene rings is 2. The molecule has 1 fully saturated rings. The van der Waals surface area contributed by atoms with Crippen LogP contribution in [0.1, 0.15) is 58.0 Å². The normalized spacial score (nSPS) is 16.7. The molecule has 0 saturated carbocycles. The Morgan fingerprint density at radius 2 is 1.66 bits per heavy atom. The van der Waals surface area contributed by atoms with Gasteiger partial charge in [0.1, 0.15) is 11.9 Å². The van der Waals surface area contributed by atoms with Gasteiger partial charge in [-0.25, -0.2) is 9.97 Å². The molecule has 0 aliphatic carbocycles. The van der Waals surface area contributed by atoms with Crippen LogP contribution in [0.2, 0.25) is 0 Å². The lowest BCUT2D eigenvalue weighted by Gasteiger charge is -2.24. The molecule has 0 radical (unpaired) electrons. The number of anilines is 1. The highest BCUT2D eigenvalue weighted by Gasteiger charge is 2.36. The minimum absolute atomic E-state index is 0.111. The van der Waals surface area contributed by atoms with Crippen LogP contribution in [-0.4, -0.2) is 59.4 Å². The van der Waals surface area contributed by atoms with Gasteiger partial charge in [0.2, 0.25) is 17.5 Å². The van der Waals surface area contributed by atoms with E-state index in [1.807, 2.05) is 0 Å². The number of nitrogens with zero attached hydrogens (tertiary/aromatic N) is 3. The first kappa shape index (κ1) is 32.5. The van der Waals surface area contributed by atoms with Crippen LogP contribution in [0.15, 0.2) is 60.9 Å². The summed E-state index contributed by atoms with van der Waals surface area (Å²) in [7, 11) is 0. The van der Waals surface area contributed by atoms with Crippen molar-refractivity contribution in [1.29, 1.82) is 0 Å². The molecule has 2 atom stereocenters. The fourth-order valence-electron chi connectivity index (χ4n) is 4.65. The second-order valence-corrected chi connectivity index (χ2v) is 9.98. The molecule has 3 aromatic rings. The van der Waals surface area contributed by atoms with Gasteiger partial charge in [0.05, 0.1) is 24.3 Å². The van der Waals surface area contributed by atoms with Crippen molar-refractivity contribution in [2.24, 2.45) is 0 Å². The first-order valence-electron chi connectivity index (χ1n) is 13.7. The van der Waals surface area contributed by atoms with E-state index in [0.717, 1.165) is 12.1 Å². The maximum Gasteiger partial charge on any atom is 0.416 e. The van der Waals surface area contributed by atoms with Crippen molar-refractivity contribution in [1.82, 2.24) is 15.3 Å². The lowest BCUT2D eigenvalue weighted by molar-refractivity contribution is -0.137. The summed E-state index contributed by atoms with van der Waals surface area (Å²) in [6.45, 7) is -1.24. The Balaban J connectivity index is 1.38. The number of rotatable bonds is 13. The first-order chi connectivity index (χ1) is 20.9. The molecular weight excluding hydrogens is 591 g/mol. The number of aromatic nitrogens is 2. The number of ketones is 2. The summed E-state index contributed by atoms with van der Waals surface area (Å²) < 4.78 is 74.1. The lowest BCUT2D eigenvalue weighted by atomic mass is 10.0. The Bertz CT molecular complexity index is 1430. The van der Waals surface area contributed by atoms with Crippen molar-refractivity contribution in [2.75, 3.05) is 18.1 Å². The van der Waals surface area contributed by atoms with Gasteiger partial charge in [0.15, 0.2) is 0 Å². The quantitative estimate of drug-likeness (QED) is 0.157. The second-order valence-electron chi connectivity index (χ2n) is 9.98. The van der Waals surface area contributed by atoms with Crippen LogP contribution >= 0.6 is 0 Å². The van der Waals surface area contributed by atoms with Gasteiger partial charge in [-0.3, -0.25) is 14.4 Å². The standard InChI is InChI=1S/C30H29F5N4O5/c1-2-25(40)26(41)19-5-3-18(4-6-19)14-36-27(42)20-15-37-29(38-16-20)39-17-24(13-22(39)11-12-43-28(31)32)44-23-9-7-21(8-10-23)30(33,34)35/h3-10,15-16,22,24,28H,2,11-14,17H2,1H3,(H,36,42)/t22-,24-/m1/s1. The monoisotopic (exact) mass is 620 g/mol. The molecule has 0 spiro atoms. The Morgan fingerprint density at radius 1 is 1.00 bits per heavy atom. The van der Waals surface area contributed by atoms with E-state index >= 15 is 0 Å². The summed E-state index contributed by atoms with van der Waals surface area (Å²) in [5.74, 6) is -1.09. The number of amides is 1. The van der Waals surface area contributed by atoms with Gasteiger partial charge in [0, 0.05) is 43.4 Å². The number of halogens is 5. The van der Waals surface area contributed by atoms with Gasteiger partial charge < -0.3 is 19.7 Å². The fraction of sp³-hybridized carbons (Fsp3) is 0.367. The summed E-state index contributed by atoms with van der Waals surface area (Å²) in [5.41, 5.74) is 0.306. The first-order valence-corrected chi connectivity index (χ1v) is 13.7. The van der Waals surface area contributed by atoms with Gasteiger partial charge >= 0.3 is 12.8 Å². The summed E-state index contributed by atoms with van der Waals surface area (Å²) >= 11 is 0. The molecule has 1 saturated heterocycles. The molecular formula is C30H29F5N4O5. The van der Waals surface area contributed by atoms with E-state index in [9.17, 15) is 36.3 Å². The van der Waals surface area contributed by atoms with E-state index in [1.54, 1.807) is 24.0 Å². The number of carbonyl (C=O) groups is 3. The molecule has 44 heavy (non-hydrogen) atoms. The van der Waals surface area contributed by atoms with Gasteiger partial charge in [-0.15, -0.1) is 0 Å². The van der Waals surface area contributed by atoms with E-state index in [0.29, 0.717) is 12.0 Å². The molecule has 4 rings (SSSR count). The number of alkyl halides is 5. The predicted molar refractivity (Wildman–Crippen MR) is 147 cm³/mol. The maximum absolute atomic E-state index is 12.9. The third-order valence-electron chi connectivity index (χ3n) is 6.96. The van der Waals surface area contributed by atoms with Crippen molar-refractivity contribution in [2.45, 2.75) is 57.7 Å². The number of hydrogen-bond donors (Lipinski definition) is 1. The van der Waals surface area contributed by atoms with Crippen LogP contribution in [0, 0.1) is 0 Å². The van der Waals surface area contributed by atoms with Gasteiger partial charge in [-0.2, -0.15) is 22.0 Å². The van der Waals surface area contributed by atoms with Crippen molar-refractivity contribution in [3.8, 4) is 5.75 Å². The maximum atomic E-state index is 12.9. The molecule has 2 aromatic carbocycles. The minimum Gasteiger partial charge on any atom is -0.489 e. The van der Waals surface area contributed by atoms with Crippen LogP contribution < -0.4 is 15.0 Å². The van der Waals surface area contributed by atoms with E-state index in [4.69, 9.17) is 4.74 Å². The van der Waals surface area contributed by atoms with Crippen LogP contribution in [0.25, 0.3) is 0 Å². The molecule has 1 amide bonds. The number of hydrogen-bond acceptors (Lipinski definition) is 8. The molecule has 1 aliphatic rings. The number of Topliss-reactive ketones (excluding diaryl/α,β-unsaturated/α-hetero) is 2. The van der Waals surface area contributed by atoms with Gasteiger partial charge in [-0.05, 0) is 36.2 Å². The third-order valence-corrected chi connectivity index (χ3v) is 6.96. The van der Waals surface area contributed by atoms with Gasteiger partial charge in [0.25, 0.3) is 5.91 Å². The molecule has 2 heterocycles. The largest absolute Gasteiger partial charge is 0.489 e. The molecule has 14 heteroatoms. The van der Waals surface area contributed by atoms with Crippen LogP contribution in [0.4, 0.5) is 27.9 Å². The summed E-state index contributed by atoms with van der Waals surface area (Å²) in [6, 6.07) is 10.2. The average molecular weight is 621 g/mol. The predicted octanol–water partition coefficient (Wildman–Crippen LogP) is 5.24. The summed E-state index contributed by atoms with van der Waals surface area (Å²) in [5, 5.41) is 2.72. The SMILES string of the molecule is CCC(=O)C(=O)c1ccc(CNC(=O)c2cnc(N3C[C@H](Oc4ccc(C(F)(F)F)cc4)C[C@H]3CCOC(F)F)nc2)cc1. The second kappa shape index (κ2) is 14.3. The number of nitrogens with one attached hydrogen (secondary N) is 1. The Morgan fingerprint density at radius 3 is 2.25 bits per heavy atom. The van der Waals surface area contributed by atoms with E-state index in [1.165, 1.54) is 36.7 Å². The zero-order valence-electron chi connectivity index (χ0n) is 23.5. The number of ether oxygens (including phenoxy) is 2. The Labute approximate surface area is 249 Å². The molecule has 1 aromatic heterocycles. The highest BCUT2D eigenvalue weighted by atomic mass is 19.4. The highest BCUT2D eigenvalue weighted by molar-refractivity contribution is 6.43. The van der Waals surface area contributed by atoms with Crippen molar-refractivity contribution in [3.05, 3.63) is 83.2 Å². The zero-order chi connectivity index (χ0) is 31.9. The van der Waals surface area contributed by atoms with Crippen molar-refractivity contribution >= 4 is 23.4 Å². The molecule has 234 valence electrons. The van der Waals surface area contributed by atoms with Crippen molar-refractivity contribution in [3.63, 3.8) is 0 Å². The Hall–Kier alpha value is -4.46. The fourth-order valence-corrected chi connectivity index (χ4v) is 4.65. The van der Waals surface area contributed by atoms with Crippen LogP contribution in [-0.2, 0) is 22.3 Å². The average Bonchev–Trinajstić information content (AvgIpc) is 3.41. The summed E-state index contributed by atoms with van der Waals surface area (Å²) in [6.07, 6.45) is -1.73. The zero-order valence-corrected chi connectivity index (χ0v) is 23.5. The molecule has 1 N–H and O–H groups in total. The smallest absolute Gasteiger partial charge is 0.416 e. The topological polar surface area (TPSA) is 111 Å². The van der Waals surface area contributed by atoms with Crippen molar-refractivity contribution < 1.29 is 45.8 Å². The molecule has 0 bridgehead atoms. The van der Waals surface area contributed by atoms with Gasteiger partial charge in [-0.1, -0.05) is 31.2 Å². The molecule has 9 nitrogen and oxygen atoms in total. The molecule has 0 unspecified atom stereocenters. The number of carbonyl (C=O) groups excluding carboxylic acids is 3.